The minimum atomic E-state index is -0.215. The van der Waals surface area contributed by atoms with Gasteiger partial charge in [0.1, 0.15) is 17.0 Å². The Kier molecular flexibility index (Phi) is 5.57. The Morgan fingerprint density at radius 1 is 1.28 bits per heavy atom. The molecule has 0 saturated carbocycles. The van der Waals surface area contributed by atoms with Gasteiger partial charge in [0, 0.05) is 37.5 Å². The van der Waals surface area contributed by atoms with Crippen LogP contribution in [-0.2, 0) is 6.54 Å². The highest BCUT2D eigenvalue weighted by molar-refractivity contribution is 5.97. The van der Waals surface area contributed by atoms with Gasteiger partial charge < -0.3 is 20.1 Å². The van der Waals surface area contributed by atoms with Gasteiger partial charge in [0.05, 0.1) is 32.0 Å². The van der Waals surface area contributed by atoms with Crippen LogP contribution < -0.4 is 20.1 Å². The zero-order valence-electron chi connectivity index (χ0n) is 16.5. The van der Waals surface area contributed by atoms with Gasteiger partial charge in [0.25, 0.3) is 5.91 Å². The highest BCUT2D eigenvalue weighted by Crippen LogP contribution is 2.27. The fraction of sp³-hybridized carbons (Fsp3) is 0.400. The molecular weight excluding hydrogens is 372 g/mol. The van der Waals surface area contributed by atoms with E-state index in [1.54, 1.807) is 37.7 Å². The van der Waals surface area contributed by atoms with Crippen molar-refractivity contribution in [3.8, 4) is 11.5 Å². The number of benzene rings is 1. The van der Waals surface area contributed by atoms with Crippen molar-refractivity contribution in [1.82, 2.24) is 30.4 Å². The minimum Gasteiger partial charge on any atom is -0.497 e. The van der Waals surface area contributed by atoms with Gasteiger partial charge in [-0.2, -0.15) is 5.10 Å². The molecule has 1 atom stereocenters. The Hall–Kier alpha value is -3.20. The lowest BCUT2D eigenvalue weighted by Gasteiger charge is -2.11. The van der Waals surface area contributed by atoms with Gasteiger partial charge in [-0.05, 0) is 25.1 Å². The molecule has 0 bridgehead atoms. The molecule has 2 N–H and O–H groups in total. The normalized spacial score (nSPS) is 16.1. The molecular formula is C20H24N6O3. The second-order valence-electron chi connectivity index (χ2n) is 6.85. The first-order chi connectivity index (χ1) is 14.2. The second-order valence-corrected chi connectivity index (χ2v) is 6.85. The fourth-order valence-corrected chi connectivity index (χ4v) is 3.60. The smallest absolute Gasteiger partial charge is 0.255 e. The minimum absolute atomic E-state index is 0.215. The Balaban J connectivity index is 1.47. The molecule has 0 spiro atoms. The lowest BCUT2D eigenvalue weighted by molar-refractivity contribution is 0.0949. The summed E-state index contributed by atoms with van der Waals surface area (Å²) in [6.45, 7) is 2.79. The summed E-state index contributed by atoms with van der Waals surface area (Å²) in [5, 5.41) is 11.0. The summed E-state index contributed by atoms with van der Waals surface area (Å²) < 4.78 is 12.3. The van der Waals surface area contributed by atoms with Crippen LogP contribution in [0.4, 0.5) is 0 Å². The van der Waals surface area contributed by atoms with Crippen molar-refractivity contribution in [3.63, 3.8) is 0 Å². The summed E-state index contributed by atoms with van der Waals surface area (Å²) in [6, 6.07) is 5.11. The third-order valence-electron chi connectivity index (χ3n) is 5.10. The Labute approximate surface area is 168 Å². The molecule has 1 aliphatic heterocycles. The number of fused-ring (bicyclic) bond motifs is 1. The number of nitrogens with one attached hydrogen (secondary N) is 2. The number of hydrogen-bond donors (Lipinski definition) is 2. The number of carbonyl (C=O) groups is 1. The van der Waals surface area contributed by atoms with Crippen molar-refractivity contribution in [3.05, 3.63) is 41.9 Å². The maximum absolute atomic E-state index is 12.6. The highest BCUT2D eigenvalue weighted by Gasteiger charge is 2.24. The van der Waals surface area contributed by atoms with Crippen LogP contribution in [-0.4, -0.2) is 59.5 Å². The van der Waals surface area contributed by atoms with Crippen molar-refractivity contribution in [2.24, 2.45) is 0 Å². The maximum Gasteiger partial charge on any atom is 0.255 e. The lowest BCUT2D eigenvalue weighted by Crippen LogP contribution is -2.28. The fourth-order valence-electron chi connectivity index (χ4n) is 3.60. The molecule has 1 fully saturated rings. The molecule has 9 nitrogen and oxygen atoms in total. The van der Waals surface area contributed by atoms with Crippen LogP contribution >= 0.6 is 0 Å². The molecule has 1 amide bonds. The van der Waals surface area contributed by atoms with E-state index in [1.807, 2.05) is 4.68 Å². The molecule has 9 heteroatoms. The first kappa shape index (κ1) is 19.1. The number of aromatic nitrogens is 4. The number of nitrogens with zero attached hydrogens (tertiary/aromatic N) is 4. The summed E-state index contributed by atoms with van der Waals surface area (Å²) >= 11 is 0. The first-order valence-electron chi connectivity index (χ1n) is 9.59. The van der Waals surface area contributed by atoms with Crippen LogP contribution in [0.25, 0.3) is 11.2 Å². The van der Waals surface area contributed by atoms with Crippen molar-refractivity contribution in [1.29, 1.82) is 0 Å². The molecule has 1 aromatic carbocycles. The van der Waals surface area contributed by atoms with Crippen LogP contribution in [0, 0.1) is 0 Å². The molecule has 0 aliphatic carbocycles. The van der Waals surface area contributed by atoms with Gasteiger partial charge in [-0.25, -0.2) is 14.6 Å². The average Bonchev–Trinajstić information content (AvgIpc) is 3.41. The van der Waals surface area contributed by atoms with Crippen molar-refractivity contribution in [2.45, 2.75) is 18.9 Å². The second kappa shape index (κ2) is 8.44. The monoisotopic (exact) mass is 396 g/mol. The molecule has 3 heterocycles. The number of carbonyl (C=O) groups excluding carboxylic acids is 1. The van der Waals surface area contributed by atoms with Gasteiger partial charge in [-0.3, -0.25) is 4.79 Å². The third kappa shape index (κ3) is 3.86. The standard InChI is InChI=1S/C20H24N6O3/c1-28-14-3-4-15(16(11-14)29-2)20(27)24-9-10-26-19-18(22-7-8-23-19)17(25-26)13-5-6-21-12-13/h3-4,7-8,11,13,21H,5-6,9-10,12H2,1-2H3,(H,24,27)/t13-/m1/s1. The number of hydrogen-bond acceptors (Lipinski definition) is 7. The van der Waals surface area contributed by atoms with Crippen LogP contribution in [0.2, 0.25) is 0 Å². The van der Waals surface area contributed by atoms with E-state index in [0.717, 1.165) is 36.4 Å². The number of methoxy groups -OCH3 is 2. The van der Waals surface area contributed by atoms with Gasteiger partial charge in [-0.1, -0.05) is 0 Å². The number of amides is 1. The molecule has 4 rings (SSSR count). The summed E-state index contributed by atoms with van der Waals surface area (Å²) in [4.78, 5) is 21.5. The third-order valence-corrected chi connectivity index (χ3v) is 5.10. The van der Waals surface area contributed by atoms with Gasteiger partial charge >= 0.3 is 0 Å². The van der Waals surface area contributed by atoms with E-state index in [4.69, 9.17) is 14.6 Å². The Morgan fingerprint density at radius 2 is 2.14 bits per heavy atom. The van der Waals surface area contributed by atoms with E-state index in [1.165, 1.54) is 7.11 Å². The molecule has 3 aromatic rings. The average molecular weight is 396 g/mol. The van der Waals surface area contributed by atoms with Crippen LogP contribution in [0.5, 0.6) is 11.5 Å². The summed E-state index contributed by atoms with van der Waals surface area (Å²) in [7, 11) is 3.10. The summed E-state index contributed by atoms with van der Waals surface area (Å²) in [6.07, 6.45) is 4.40. The molecule has 0 radical (unpaired) electrons. The molecule has 152 valence electrons. The SMILES string of the molecule is COc1ccc(C(=O)NCCn2nc([C@@H]3CCNC3)c3nccnc32)c(OC)c1. The quantitative estimate of drug-likeness (QED) is 0.621. The van der Waals surface area contributed by atoms with Crippen molar-refractivity contribution >= 4 is 17.1 Å². The lowest BCUT2D eigenvalue weighted by atomic mass is 10.0. The molecule has 0 unspecified atom stereocenters. The largest absolute Gasteiger partial charge is 0.497 e. The zero-order valence-corrected chi connectivity index (χ0v) is 16.5. The van der Waals surface area contributed by atoms with Crippen molar-refractivity contribution < 1.29 is 14.3 Å². The van der Waals surface area contributed by atoms with Crippen molar-refractivity contribution in [2.75, 3.05) is 33.9 Å². The highest BCUT2D eigenvalue weighted by atomic mass is 16.5. The van der Waals surface area contributed by atoms with E-state index < -0.39 is 0 Å². The van der Waals surface area contributed by atoms with E-state index in [2.05, 4.69) is 20.6 Å². The Morgan fingerprint density at radius 3 is 2.90 bits per heavy atom. The van der Waals surface area contributed by atoms with E-state index >= 15 is 0 Å². The molecule has 2 aromatic heterocycles. The predicted octanol–water partition coefficient (Wildman–Crippen LogP) is 1.35. The molecule has 1 aliphatic rings. The first-order valence-corrected chi connectivity index (χ1v) is 9.59. The van der Waals surface area contributed by atoms with E-state index in [0.29, 0.717) is 36.1 Å². The topological polar surface area (TPSA) is 103 Å². The van der Waals surface area contributed by atoms with Gasteiger partial charge in [0.2, 0.25) is 0 Å². The van der Waals surface area contributed by atoms with Crippen LogP contribution in [0.3, 0.4) is 0 Å². The summed E-state index contributed by atoms with van der Waals surface area (Å²) in [5.74, 6) is 1.23. The zero-order chi connectivity index (χ0) is 20.2. The number of ether oxygens (including phenoxy) is 2. The van der Waals surface area contributed by atoms with E-state index in [9.17, 15) is 4.79 Å². The molecule has 1 saturated heterocycles. The van der Waals surface area contributed by atoms with E-state index in [-0.39, 0.29) is 5.91 Å². The van der Waals surface area contributed by atoms with Gasteiger partial charge in [-0.15, -0.1) is 0 Å². The number of rotatable bonds is 7. The maximum atomic E-state index is 12.6. The van der Waals surface area contributed by atoms with Gasteiger partial charge in [0.15, 0.2) is 5.65 Å². The van der Waals surface area contributed by atoms with Crippen LogP contribution in [0.15, 0.2) is 30.6 Å². The Bertz CT molecular complexity index is 1010. The summed E-state index contributed by atoms with van der Waals surface area (Å²) in [5.41, 5.74) is 3.01. The van der Waals surface area contributed by atoms with Crippen LogP contribution in [0.1, 0.15) is 28.4 Å². The predicted molar refractivity (Wildman–Crippen MR) is 107 cm³/mol. The molecule has 29 heavy (non-hydrogen) atoms.